The highest BCUT2D eigenvalue weighted by molar-refractivity contribution is 6.30. The minimum Gasteiger partial charge on any atom is -0.350 e. The van der Waals surface area contributed by atoms with Gasteiger partial charge in [-0.15, -0.1) is 0 Å². The molecule has 2 fully saturated rings. The molecule has 0 saturated carbocycles. The fourth-order valence-corrected chi connectivity index (χ4v) is 3.47. The Bertz CT molecular complexity index is 799. The number of nitrogens with zero attached hydrogens (tertiary/aromatic N) is 3. The van der Waals surface area contributed by atoms with Gasteiger partial charge in [-0.2, -0.15) is 0 Å². The fourth-order valence-electron chi connectivity index (χ4n) is 3.34. The second kappa shape index (κ2) is 7.80. The summed E-state index contributed by atoms with van der Waals surface area (Å²) in [5.41, 5.74) is 1.44. The smallest absolute Gasteiger partial charge is 0.272 e. The third kappa shape index (κ3) is 4.21. The van der Waals surface area contributed by atoms with Gasteiger partial charge in [0.2, 0.25) is 5.95 Å². The molecule has 0 unspecified atom stereocenters. The van der Waals surface area contributed by atoms with Crippen molar-refractivity contribution >= 4 is 23.5 Å². The monoisotopic (exact) mass is 388 g/mol. The number of ether oxygens (including phenoxy) is 2. The summed E-state index contributed by atoms with van der Waals surface area (Å²) < 4.78 is 11.4. The Kier molecular flexibility index (Phi) is 5.24. The minimum atomic E-state index is -0.492. The van der Waals surface area contributed by atoms with Crippen LogP contribution in [-0.4, -0.2) is 52.9 Å². The van der Waals surface area contributed by atoms with Gasteiger partial charge in [0.05, 0.1) is 13.2 Å². The largest absolute Gasteiger partial charge is 0.350 e. The number of anilines is 1. The lowest BCUT2D eigenvalue weighted by Gasteiger charge is -2.37. The van der Waals surface area contributed by atoms with Gasteiger partial charge < -0.3 is 19.7 Å². The molecule has 27 heavy (non-hydrogen) atoms. The molecule has 1 aromatic heterocycles. The third-order valence-corrected chi connectivity index (χ3v) is 5.12. The van der Waals surface area contributed by atoms with Crippen LogP contribution < -0.4 is 5.32 Å². The first-order chi connectivity index (χ1) is 13.1. The van der Waals surface area contributed by atoms with Crippen LogP contribution in [0.15, 0.2) is 36.5 Å². The van der Waals surface area contributed by atoms with Crippen LogP contribution in [-0.2, 0) is 16.0 Å². The number of aromatic nitrogens is 2. The number of carbonyl (C=O) groups is 1. The van der Waals surface area contributed by atoms with E-state index in [2.05, 4.69) is 15.3 Å². The van der Waals surface area contributed by atoms with Gasteiger partial charge in [0, 0.05) is 43.7 Å². The van der Waals surface area contributed by atoms with Crippen LogP contribution in [0.1, 0.15) is 28.9 Å². The van der Waals surface area contributed by atoms with Crippen LogP contribution in [0.5, 0.6) is 0 Å². The first-order valence-electron chi connectivity index (χ1n) is 9.02. The highest BCUT2D eigenvalue weighted by Gasteiger charge is 2.41. The van der Waals surface area contributed by atoms with Crippen molar-refractivity contribution < 1.29 is 14.3 Å². The van der Waals surface area contributed by atoms with Crippen LogP contribution in [0.2, 0.25) is 5.02 Å². The van der Waals surface area contributed by atoms with Gasteiger partial charge in [-0.3, -0.25) is 4.79 Å². The maximum atomic E-state index is 12.8. The number of halogens is 1. The van der Waals surface area contributed by atoms with Crippen molar-refractivity contribution in [2.75, 3.05) is 31.6 Å². The van der Waals surface area contributed by atoms with E-state index in [0.29, 0.717) is 62.4 Å². The Hall–Kier alpha value is -2.22. The van der Waals surface area contributed by atoms with Crippen molar-refractivity contribution in [2.24, 2.45) is 0 Å². The summed E-state index contributed by atoms with van der Waals surface area (Å²) in [7, 11) is 0. The standard InChI is InChI=1S/C19H21ClN4O3/c20-15-3-1-14(2-4-15)13-22-18-21-8-5-16(23-18)17(25)24-9-6-19(7-10-24)26-11-12-27-19/h1-5,8H,6-7,9-13H2,(H,21,22,23). The molecule has 0 atom stereocenters. The molecule has 3 heterocycles. The molecular weight excluding hydrogens is 368 g/mol. The van der Waals surface area contributed by atoms with Crippen molar-refractivity contribution in [3.63, 3.8) is 0 Å². The number of amides is 1. The molecule has 1 N–H and O–H groups in total. The Morgan fingerprint density at radius 2 is 1.85 bits per heavy atom. The van der Waals surface area contributed by atoms with E-state index in [1.165, 1.54) is 0 Å². The average Bonchev–Trinajstić information content (AvgIpc) is 3.16. The van der Waals surface area contributed by atoms with E-state index in [1.54, 1.807) is 17.2 Å². The number of rotatable bonds is 4. The number of carbonyl (C=O) groups excluding carboxylic acids is 1. The zero-order valence-electron chi connectivity index (χ0n) is 14.9. The van der Waals surface area contributed by atoms with Crippen molar-refractivity contribution in [1.29, 1.82) is 0 Å². The molecule has 1 aromatic carbocycles. The summed E-state index contributed by atoms with van der Waals surface area (Å²) in [6.45, 7) is 2.99. The molecule has 142 valence electrons. The van der Waals surface area contributed by atoms with E-state index in [1.807, 2.05) is 24.3 Å². The topological polar surface area (TPSA) is 76.6 Å². The van der Waals surface area contributed by atoms with Crippen molar-refractivity contribution in [3.8, 4) is 0 Å². The molecule has 2 aliphatic heterocycles. The summed E-state index contributed by atoms with van der Waals surface area (Å²) >= 11 is 5.89. The summed E-state index contributed by atoms with van der Waals surface area (Å²) in [5.74, 6) is -0.167. The van der Waals surface area contributed by atoms with E-state index < -0.39 is 5.79 Å². The van der Waals surface area contributed by atoms with E-state index in [4.69, 9.17) is 21.1 Å². The van der Waals surface area contributed by atoms with Crippen LogP contribution in [0, 0.1) is 0 Å². The highest BCUT2D eigenvalue weighted by atomic mass is 35.5. The Morgan fingerprint density at radius 3 is 2.56 bits per heavy atom. The van der Waals surface area contributed by atoms with E-state index in [9.17, 15) is 4.79 Å². The van der Waals surface area contributed by atoms with E-state index in [-0.39, 0.29) is 5.91 Å². The first-order valence-corrected chi connectivity index (χ1v) is 9.40. The van der Waals surface area contributed by atoms with Gasteiger partial charge in [0.1, 0.15) is 5.69 Å². The SMILES string of the molecule is O=C(c1ccnc(NCc2ccc(Cl)cc2)n1)N1CCC2(CC1)OCCO2. The quantitative estimate of drug-likeness (QED) is 0.867. The summed E-state index contributed by atoms with van der Waals surface area (Å²) in [4.78, 5) is 23.1. The van der Waals surface area contributed by atoms with E-state index in [0.717, 1.165) is 5.56 Å². The van der Waals surface area contributed by atoms with Gasteiger partial charge in [0.25, 0.3) is 5.91 Å². The molecule has 8 heteroatoms. The number of piperidine rings is 1. The summed E-state index contributed by atoms with van der Waals surface area (Å²) in [6.07, 6.45) is 2.97. The molecule has 1 spiro atoms. The molecule has 2 saturated heterocycles. The number of likely N-dealkylation sites (tertiary alicyclic amines) is 1. The number of nitrogens with one attached hydrogen (secondary N) is 1. The van der Waals surface area contributed by atoms with Crippen LogP contribution in [0.3, 0.4) is 0 Å². The Labute approximate surface area is 162 Å². The number of hydrogen-bond acceptors (Lipinski definition) is 6. The van der Waals surface area contributed by atoms with Crippen molar-refractivity contribution in [2.45, 2.75) is 25.2 Å². The summed E-state index contributed by atoms with van der Waals surface area (Å²) in [6, 6.07) is 9.17. The maximum absolute atomic E-state index is 12.8. The zero-order chi connectivity index (χ0) is 18.7. The first kappa shape index (κ1) is 18.2. The van der Waals surface area contributed by atoms with Gasteiger partial charge in [-0.25, -0.2) is 9.97 Å². The second-order valence-electron chi connectivity index (χ2n) is 6.65. The van der Waals surface area contributed by atoms with Crippen LogP contribution in [0.25, 0.3) is 0 Å². The number of hydrogen-bond donors (Lipinski definition) is 1. The molecule has 2 aromatic rings. The molecule has 0 radical (unpaired) electrons. The minimum absolute atomic E-state index is 0.0974. The Balaban J connectivity index is 1.37. The molecule has 0 aliphatic carbocycles. The lowest BCUT2D eigenvalue weighted by molar-refractivity contribution is -0.181. The number of benzene rings is 1. The van der Waals surface area contributed by atoms with Crippen LogP contribution in [0.4, 0.5) is 5.95 Å². The van der Waals surface area contributed by atoms with Gasteiger partial charge in [-0.05, 0) is 23.8 Å². The van der Waals surface area contributed by atoms with Crippen molar-refractivity contribution in [3.05, 3.63) is 52.8 Å². The Morgan fingerprint density at radius 1 is 1.15 bits per heavy atom. The highest BCUT2D eigenvalue weighted by Crippen LogP contribution is 2.31. The zero-order valence-corrected chi connectivity index (χ0v) is 15.6. The molecule has 0 bridgehead atoms. The molecule has 7 nitrogen and oxygen atoms in total. The fraction of sp³-hybridized carbons (Fsp3) is 0.421. The predicted octanol–water partition coefficient (Wildman–Crippen LogP) is 2.72. The van der Waals surface area contributed by atoms with Gasteiger partial charge >= 0.3 is 0 Å². The average molecular weight is 389 g/mol. The summed E-state index contributed by atoms with van der Waals surface area (Å²) in [5, 5.41) is 3.84. The van der Waals surface area contributed by atoms with Crippen molar-refractivity contribution in [1.82, 2.24) is 14.9 Å². The molecule has 2 aliphatic rings. The molecule has 4 rings (SSSR count). The lowest BCUT2D eigenvalue weighted by atomic mass is 10.0. The lowest BCUT2D eigenvalue weighted by Crippen LogP contribution is -2.47. The normalized spacial score (nSPS) is 18.6. The molecule has 1 amide bonds. The third-order valence-electron chi connectivity index (χ3n) is 4.86. The maximum Gasteiger partial charge on any atom is 0.272 e. The predicted molar refractivity (Wildman–Crippen MR) is 101 cm³/mol. The van der Waals surface area contributed by atoms with Crippen LogP contribution >= 0.6 is 11.6 Å². The van der Waals surface area contributed by atoms with E-state index >= 15 is 0 Å². The van der Waals surface area contributed by atoms with Gasteiger partial charge in [-0.1, -0.05) is 23.7 Å². The molecular formula is C19H21ClN4O3. The van der Waals surface area contributed by atoms with Gasteiger partial charge in [0.15, 0.2) is 5.79 Å². The second-order valence-corrected chi connectivity index (χ2v) is 7.08.